The molecule has 0 bridgehead atoms. The zero-order valence-corrected chi connectivity index (χ0v) is 17.8. The van der Waals surface area contributed by atoms with Crippen molar-refractivity contribution in [3.8, 4) is 5.69 Å². The van der Waals surface area contributed by atoms with Crippen LogP contribution in [0.1, 0.15) is 28.9 Å². The number of benzene rings is 2. The van der Waals surface area contributed by atoms with Gasteiger partial charge in [0.1, 0.15) is 0 Å². The van der Waals surface area contributed by atoms with Crippen molar-refractivity contribution < 1.29 is 9.59 Å². The number of carbonyl (C=O) groups excluding carboxylic acids is 2. The number of hydrogen-bond donors (Lipinski definition) is 1. The van der Waals surface area contributed by atoms with Gasteiger partial charge in [0.25, 0.3) is 0 Å². The molecule has 0 spiro atoms. The Hall–Kier alpha value is -3.41. The van der Waals surface area contributed by atoms with Crippen LogP contribution in [0.25, 0.3) is 5.69 Å². The van der Waals surface area contributed by atoms with Crippen molar-refractivity contribution in [1.29, 1.82) is 0 Å². The minimum absolute atomic E-state index is 0.0164. The predicted octanol–water partition coefficient (Wildman–Crippen LogP) is 4.10. The van der Waals surface area contributed by atoms with Gasteiger partial charge in [-0.3, -0.25) is 9.59 Å². The minimum atomic E-state index is -0.392. The topological polar surface area (TPSA) is 67.2 Å². The molecule has 2 heterocycles. The van der Waals surface area contributed by atoms with E-state index in [9.17, 15) is 9.59 Å². The summed E-state index contributed by atoms with van der Waals surface area (Å²) in [5.74, 6) is -0.552. The monoisotopic (exact) mass is 402 g/mol. The molecule has 30 heavy (non-hydrogen) atoms. The maximum atomic E-state index is 13.0. The Kier molecular flexibility index (Phi) is 5.16. The molecule has 6 nitrogen and oxygen atoms in total. The number of amides is 2. The van der Waals surface area contributed by atoms with Gasteiger partial charge in [0.05, 0.1) is 28.7 Å². The number of aryl methyl sites for hydroxylation is 2. The predicted molar refractivity (Wildman–Crippen MR) is 118 cm³/mol. The third-order valence-corrected chi connectivity index (χ3v) is 5.90. The van der Waals surface area contributed by atoms with Gasteiger partial charge in [-0.2, -0.15) is 5.10 Å². The number of anilines is 2. The highest BCUT2D eigenvalue weighted by atomic mass is 16.2. The number of carbonyl (C=O) groups is 2. The van der Waals surface area contributed by atoms with Gasteiger partial charge in [0.15, 0.2) is 0 Å². The first-order valence-electron chi connectivity index (χ1n) is 10.2. The Balaban J connectivity index is 1.54. The molecule has 0 radical (unpaired) electrons. The molecular weight excluding hydrogens is 376 g/mol. The van der Waals surface area contributed by atoms with E-state index < -0.39 is 5.92 Å². The van der Waals surface area contributed by atoms with Crippen molar-refractivity contribution in [2.45, 2.75) is 34.1 Å². The lowest BCUT2D eigenvalue weighted by molar-refractivity contribution is -0.122. The molecule has 154 valence electrons. The van der Waals surface area contributed by atoms with Crippen LogP contribution >= 0.6 is 0 Å². The van der Waals surface area contributed by atoms with Crippen LogP contribution in [-0.4, -0.2) is 28.1 Å². The molecule has 1 N–H and O–H groups in total. The fraction of sp³-hybridized carbons (Fsp3) is 0.292. The second kappa shape index (κ2) is 7.78. The van der Waals surface area contributed by atoms with Crippen molar-refractivity contribution in [1.82, 2.24) is 9.78 Å². The summed E-state index contributed by atoms with van der Waals surface area (Å²) in [5.41, 5.74) is 6.36. The SMILES string of the molecule is Cc1cccc(N2CC(C(=O)Nc3c(C)nn(-c4ccccc4)c3C)CC2=O)c1C. The Morgan fingerprint density at radius 2 is 1.77 bits per heavy atom. The second-order valence-electron chi connectivity index (χ2n) is 7.91. The first-order valence-corrected chi connectivity index (χ1v) is 10.2. The van der Waals surface area contributed by atoms with E-state index in [4.69, 9.17) is 0 Å². The van der Waals surface area contributed by atoms with Gasteiger partial charge >= 0.3 is 0 Å². The Morgan fingerprint density at radius 1 is 1.03 bits per heavy atom. The van der Waals surface area contributed by atoms with Crippen molar-refractivity contribution in [3.63, 3.8) is 0 Å². The number of nitrogens with zero attached hydrogens (tertiary/aromatic N) is 3. The first-order chi connectivity index (χ1) is 14.4. The molecule has 0 saturated carbocycles. The molecule has 2 aromatic carbocycles. The quantitative estimate of drug-likeness (QED) is 0.715. The van der Waals surface area contributed by atoms with Crippen LogP contribution in [0, 0.1) is 33.6 Å². The van der Waals surface area contributed by atoms with Gasteiger partial charge in [0.2, 0.25) is 11.8 Å². The number of aromatic nitrogens is 2. The largest absolute Gasteiger partial charge is 0.323 e. The zero-order chi connectivity index (χ0) is 21.4. The second-order valence-corrected chi connectivity index (χ2v) is 7.91. The van der Waals surface area contributed by atoms with Crippen LogP contribution in [0.3, 0.4) is 0 Å². The standard InChI is InChI=1S/C24H26N4O2/c1-15-9-8-12-21(16(15)2)27-14-19(13-22(27)29)24(30)25-23-17(3)26-28(18(23)4)20-10-6-5-7-11-20/h5-12,19H,13-14H2,1-4H3,(H,25,30). The summed E-state index contributed by atoms with van der Waals surface area (Å²) >= 11 is 0. The minimum Gasteiger partial charge on any atom is -0.323 e. The van der Waals surface area contributed by atoms with Crippen LogP contribution in [0.5, 0.6) is 0 Å². The summed E-state index contributed by atoms with van der Waals surface area (Å²) < 4.78 is 1.83. The molecule has 3 aromatic rings. The normalized spacial score (nSPS) is 16.2. The molecule has 1 unspecified atom stereocenters. The van der Waals surface area contributed by atoms with Crippen molar-refractivity contribution >= 4 is 23.2 Å². The van der Waals surface area contributed by atoms with E-state index in [2.05, 4.69) is 10.4 Å². The number of para-hydroxylation sites is 1. The van der Waals surface area contributed by atoms with Crippen LogP contribution in [0.4, 0.5) is 11.4 Å². The molecule has 1 aliphatic rings. The van der Waals surface area contributed by atoms with Gasteiger partial charge in [0, 0.05) is 18.7 Å². The number of rotatable bonds is 4. The third-order valence-electron chi connectivity index (χ3n) is 5.90. The van der Waals surface area contributed by atoms with Gasteiger partial charge in [-0.1, -0.05) is 30.3 Å². The Bertz CT molecular complexity index is 1120. The molecular formula is C24H26N4O2. The van der Waals surface area contributed by atoms with Crippen molar-refractivity contribution in [3.05, 3.63) is 71.0 Å². The average Bonchev–Trinajstić information content (AvgIpc) is 3.25. The summed E-state index contributed by atoms with van der Waals surface area (Å²) in [6.07, 6.45) is 0.212. The number of nitrogens with one attached hydrogen (secondary N) is 1. The summed E-state index contributed by atoms with van der Waals surface area (Å²) in [6, 6.07) is 15.7. The fourth-order valence-corrected chi connectivity index (χ4v) is 4.01. The van der Waals surface area contributed by atoms with Crippen LogP contribution < -0.4 is 10.2 Å². The highest BCUT2D eigenvalue weighted by Gasteiger charge is 2.36. The molecule has 1 aromatic heterocycles. The summed E-state index contributed by atoms with van der Waals surface area (Å²) in [6.45, 7) is 8.24. The number of hydrogen-bond acceptors (Lipinski definition) is 3. The van der Waals surface area contributed by atoms with Gasteiger partial charge in [-0.05, 0) is 57.0 Å². The van der Waals surface area contributed by atoms with E-state index in [-0.39, 0.29) is 18.2 Å². The highest BCUT2D eigenvalue weighted by Crippen LogP contribution is 2.31. The lowest BCUT2D eigenvalue weighted by atomic mass is 10.1. The molecule has 1 fully saturated rings. The highest BCUT2D eigenvalue weighted by molar-refractivity contribution is 6.04. The summed E-state index contributed by atoms with van der Waals surface area (Å²) in [5, 5.41) is 7.61. The van der Waals surface area contributed by atoms with E-state index in [1.54, 1.807) is 4.90 Å². The fourth-order valence-electron chi connectivity index (χ4n) is 4.01. The summed E-state index contributed by atoms with van der Waals surface area (Å²) in [4.78, 5) is 27.4. The molecule has 1 aliphatic heterocycles. The molecule has 1 atom stereocenters. The van der Waals surface area contributed by atoms with E-state index in [1.165, 1.54) is 0 Å². The first kappa shape index (κ1) is 19.9. The van der Waals surface area contributed by atoms with E-state index >= 15 is 0 Å². The Morgan fingerprint density at radius 3 is 2.50 bits per heavy atom. The maximum Gasteiger partial charge on any atom is 0.229 e. The molecule has 1 saturated heterocycles. The molecule has 6 heteroatoms. The Labute approximate surface area is 176 Å². The molecule has 4 rings (SSSR count). The average molecular weight is 402 g/mol. The van der Waals surface area contributed by atoms with E-state index in [0.29, 0.717) is 12.2 Å². The lowest BCUT2D eigenvalue weighted by Gasteiger charge is -2.20. The lowest BCUT2D eigenvalue weighted by Crippen LogP contribution is -2.29. The van der Waals surface area contributed by atoms with Crippen LogP contribution in [-0.2, 0) is 9.59 Å². The summed E-state index contributed by atoms with van der Waals surface area (Å²) in [7, 11) is 0. The van der Waals surface area contributed by atoms with Gasteiger partial charge in [-0.15, -0.1) is 0 Å². The smallest absolute Gasteiger partial charge is 0.229 e. The van der Waals surface area contributed by atoms with E-state index in [0.717, 1.165) is 33.9 Å². The maximum absolute atomic E-state index is 13.0. The van der Waals surface area contributed by atoms with Gasteiger partial charge < -0.3 is 10.2 Å². The van der Waals surface area contributed by atoms with Crippen molar-refractivity contribution in [2.24, 2.45) is 5.92 Å². The van der Waals surface area contributed by atoms with Crippen molar-refractivity contribution in [2.75, 3.05) is 16.8 Å². The van der Waals surface area contributed by atoms with Crippen LogP contribution in [0.15, 0.2) is 48.5 Å². The zero-order valence-electron chi connectivity index (χ0n) is 17.8. The third kappa shape index (κ3) is 3.49. The van der Waals surface area contributed by atoms with Gasteiger partial charge in [-0.25, -0.2) is 4.68 Å². The molecule has 2 amide bonds. The van der Waals surface area contributed by atoms with Crippen LogP contribution in [0.2, 0.25) is 0 Å². The van der Waals surface area contributed by atoms with E-state index in [1.807, 2.05) is 80.9 Å². The molecule has 0 aliphatic carbocycles.